The molecule has 0 heterocycles. The van der Waals surface area contributed by atoms with Crippen LogP contribution in [0.2, 0.25) is 0 Å². The minimum Gasteiger partial charge on any atom is -0.492 e. The Bertz CT molecular complexity index is 287. The van der Waals surface area contributed by atoms with Gasteiger partial charge in [0.05, 0.1) is 0 Å². The molecule has 0 aliphatic rings. The number of nitrogens with two attached hydrogens (primary N) is 1. The standard InChI is InChI=1S/C12H19NO2/c1-12(2,3)15-11-6-4-10(5-7-11)14-9-8-13/h4-7H,8-9,13H2,1-3H3. The highest BCUT2D eigenvalue weighted by Gasteiger charge is 2.11. The molecule has 0 aliphatic heterocycles. The van der Waals surface area contributed by atoms with E-state index < -0.39 is 0 Å². The van der Waals surface area contributed by atoms with Gasteiger partial charge in [-0.05, 0) is 45.0 Å². The fraction of sp³-hybridized carbons (Fsp3) is 0.500. The second-order valence-corrected chi connectivity index (χ2v) is 4.32. The van der Waals surface area contributed by atoms with Gasteiger partial charge in [0.25, 0.3) is 0 Å². The van der Waals surface area contributed by atoms with E-state index in [0.29, 0.717) is 13.2 Å². The van der Waals surface area contributed by atoms with Crippen molar-refractivity contribution in [3.05, 3.63) is 24.3 Å². The Morgan fingerprint density at radius 2 is 1.60 bits per heavy atom. The van der Waals surface area contributed by atoms with Crippen molar-refractivity contribution < 1.29 is 9.47 Å². The summed E-state index contributed by atoms with van der Waals surface area (Å²) in [6.07, 6.45) is 0. The molecule has 0 aliphatic carbocycles. The first kappa shape index (κ1) is 11.9. The molecule has 0 aromatic heterocycles. The maximum atomic E-state index is 5.68. The Kier molecular flexibility index (Phi) is 3.97. The van der Waals surface area contributed by atoms with Crippen molar-refractivity contribution in [2.45, 2.75) is 26.4 Å². The van der Waals surface area contributed by atoms with Gasteiger partial charge in [0.1, 0.15) is 23.7 Å². The molecule has 1 rings (SSSR count). The van der Waals surface area contributed by atoms with Crippen LogP contribution in [0, 0.1) is 0 Å². The smallest absolute Gasteiger partial charge is 0.120 e. The lowest BCUT2D eigenvalue weighted by atomic mass is 10.2. The minimum atomic E-state index is -0.167. The summed E-state index contributed by atoms with van der Waals surface area (Å²) < 4.78 is 11.0. The number of ether oxygens (including phenoxy) is 2. The first-order chi connectivity index (χ1) is 7.01. The van der Waals surface area contributed by atoms with Crippen molar-refractivity contribution in [2.75, 3.05) is 13.2 Å². The molecule has 1 aromatic rings. The lowest BCUT2D eigenvalue weighted by molar-refractivity contribution is 0.131. The third-order valence-corrected chi connectivity index (χ3v) is 1.63. The van der Waals surface area contributed by atoms with Gasteiger partial charge < -0.3 is 15.2 Å². The normalized spacial score (nSPS) is 11.2. The van der Waals surface area contributed by atoms with Gasteiger partial charge in [-0.2, -0.15) is 0 Å². The number of hydrogen-bond acceptors (Lipinski definition) is 3. The highest BCUT2D eigenvalue weighted by Crippen LogP contribution is 2.21. The predicted octanol–water partition coefficient (Wildman–Crippen LogP) is 2.20. The van der Waals surface area contributed by atoms with Crippen molar-refractivity contribution in [3.8, 4) is 11.5 Å². The summed E-state index contributed by atoms with van der Waals surface area (Å²) in [5.41, 5.74) is 5.17. The zero-order valence-corrected chi connectivity index (χ0v) is 9.62. The van der Waals surface area contributed by atoms with Crippen LogP contribution in [0.4, 0.5) is 0 Å². The molecule has 1 aromatic carbocycles. The van der Waals surface area contributed by atoms with Gasteiger partial charge in [-0.15, -0.1) is 0 Å². The van der Waals surface area contributed by atoms with Crippen molar-refractivity contribution in [3.63, 3.8) is 0 Å². The van der Waals surface area contributed by atoms with Crippen LogP contribution < -0.4 is 15.2 Å². The average Bonchev–Trinajstić information content (AvgIpc) is 2.14. The summed E-state index contributed by atoms with van der Waals surface area (Å²) in [4.78, 5) is 0. The Balaban J connectivity index is 2.56. The van der Waals surface area contributed by atoms with Crippen LogP contribution in [-0.4, -0.2) is 18.8 Å². The van der Waals surface area contributed by atoms with Gasteiger partial charge in [-0.25, -0.2) is 0 Å². The van der Waals surface area contributed by atoms with Crippen LogP contribution in [0.15, 0.2) is 24.3 Å². The highest BCUT2D eigenvalue weighted by atomic mass is 16.5. The first-order valence-electron chi connectivity index (χ1n) is 5.13. The Morgan fingerprint density at radius 3 is 2.07 bits per heavy atom. The molecule has 3 heteroatoms. The monoisotopic (exact) mass is 209 g/mol. The Hall–Kier alpha value is -1.22. The molecule has 84 valence electrons. The summed E-state index contributed by atoms with van der Waals surface area (Å²) in [6.45, 7) is 7.13. The van der Waals surface area contributed by atoms with E-state index in [9.17, 15) is 0 Å². The molecule has 0 bridgehead atoms. The maximum absolute atomic E-state index is 5.68. The fourth-order valence-electron chi connectivity index (χ4n) is 1.13. The maximum Gasteiger partial charge on any atom is 0.120 e. The minimum absolute atomic E-state index is 0.167. The molecule has 3 nitrogen and oxygen atoms in total. The van der Waals surface area contributed by atoms with E-state index in [0.717, 1.165) is 11.5 Å². The molecule has 0 fully saturated rings. The lowest BCUT2D eigenvalue weighted by Crippen LogP contribution is -2.22. The summed E-state index contributed by atoms with van der Waals surface area (Å²) in [5, 5.41) is 0. The van der Waals surface area contributed by atoms with Crippen molar-refractivity contribution >= 4 is 0 Å². The summed E-state index contributed by atoms with van der Waals surface area (Å²) in [6, 6.07) is 7.57. The van der Waals surface area contributed by atoms with Gasteiger partial charge in [0, 0.05) is 6.54 Å². The summed E-state index contributed by atoms with van der Waals surface area (Å²) in [5.74, 6) is 1.67. The van der Waals surface area contributed by atoms with E-state index in [2.05, 4.69) is 0 Å². The molecule has 0 spiro atoms. The van der Waals surface area contributed by atoms with E-state index in [1.165, 1.54) is 0 Å². The van der Waals surface area contributed by atoms with Gasteiger partial charge in [-0.1, -0.05) is 0 Å². The predicted molar refractivity (Wildman–Crippen MR) is 61.4 cm³/mol. The van der Waals surface area contributed by atoms with Crippen LogP contribution in [-0.2, 0) is 0 Å². The number of benzene rings is 1. The van der Waals surface area contributed by atoms with E-state index in [1.807, 2.05) is 45.0 Å². The van der Waals surface area contributed by atoms with Gasteiger partial charge >= 0.3 is 0 Å². The molecule has 2 N–H and O–H groups in total. The third-order valence-electron chi connectivity index (χ3n) is 1.63. The first-order valence-corrected chi connectivity index (χ1v) is 5.13. The largest absolute Gasteiger partial charge is 0.492 e. The number of rotatable bonds is 4. The van der Waals surface area contributed by atoms with Crippen LogP contribution in [0.1, 0.15) is 20.8 Å². The van der Waals surface area contributed by atoms with Gasteiger partial charge in [-0.3, -0.25) is 0 Å². The Labute approximate surface area is 91.2 Å². The van der Waals surface area contributed by atoms with Gasteiger partial charge in [0.15, 0.2) is 0 Å². The molecule has 0 saturated carbocycles. The van der Waals surface area contributed by atoms with Crippen LogP contribution >= 0.6 is 0 Å². The Morgan fingerprint density at radius 1 is 1.07 bits per heavy atom. The molecule has 0 radical (unpaired) electrons. The SMILES string of the molecule is CC(C)(C)Oc1ccc(OCCN)cc1. The quantitative estimate of drug-likeness (QED) is 0.826. The van der Waals surface area contributed by atoms with E-state index in [1.54, 1.807) is 0 Å². The van der Waals surface area contributed by atoms with Crippen LogP contribution in [0.3, 0.4) is 0 Å². The van der Waals surface area contributed by atoms with E-state index in [4.69, 9.17) is 15.2 Å². The number of hydrogen-bond donors (Lipinski definition) is 1. The highest BCUT2D eigenvalue weighted by molar-refractivity contribution is 5.31. The summed E-state index contributed by atoms with van der Waals surface area (Å²) in [7, 11) is 0. The zero-order chi connectivity index (χ0) is 11.3. The average molecular weight is 209 g/mol. The molecule has 0 atom stereocenters. The molecule has 15 heavy (non-hydrogen) atoms. The third kappa shape index (κ3) is 4.70. The second kappa shape index (κ2) is 5.03. The molecule has 0 unspecified atom stereocenters. The molecule has 0 saturated heterocycles. The summed E-state index contributed by atoms with van der Waals surface area (Å²) >= 11 is 0. The van der Waals surface area contributed by atoms with E-state index in [-0.39, 0.29) is 5.60 Å². The van der Waals surface area contributed by atoms with Crippen LogP contribution in [0.5, 0.6) is 11.5 Å². The molecular weight excluding hydrogens is 190 g/mol. The topological polar surface area (TPSA) is 44.5 Å². The molecule has 0 amide bonds. The van der Waals surface area contributed by atoms with Crippen molar-refractivity contribution in [1.29, 1.82) is 0 Å². The van der Waals surface area contributed by atoms with E-state index >= 15 is 0 Å². The van der Waals surface area contributed by atoms with Gasteiger partial charge in [0.2, 0.25) is 0 Å². The van der Waals surface area contributed by atoms with Crippen LogP contribution in [0.25, 0.3) is 0 Å². The zero-order valence-electron chi connectivity index (χ0n) is 9.62. The van der Waals surface area contributed by atoms with Crippen molar-refractivity contribution in [1.82, 2.24) is 0 Å². The van der Waals surface area contributed by atoms with Crippen molar-refractivity contribution in [2.24, 2.45) is 5.73 Å². The lowest BCUT2D eigenvalue weighted by Gasteiger charge is -2.21. The fourth-order valence-corrected chi connectivity index (χ4v) is 1.13. The molecular formula is C12H19NO2. The second-order valence-electron chi connectivity index (χ2n) is 4.32.